The second-order valence-corrected chi connectivity index (χ2v) is 8.15. The number of carbonyl (C=O) groups is 1. The monoisotopic (exact) mass is 517 g/mol. The van der Waals surface area contributed by atoms with Gasteiger partial charge >= 0.3 is 12.1 Å². The molecule has 0 saturated heterocycles. The van der Waals surface area contributed by atoms with Crippen LogP contribution < -0.4 is 15.8 Å². The number of hydrogen-bond donors (Lipinski definition) is 4. The predicted molar refractivity (Wildman–Crippen MR) is 116 cm³/mol. The van der Waals surface area contributed by atoms with E-state index in [0.717, 1.165) is 0 Å². The maximum atomic E-state index is 12.4. The fourth-order valence-corrected chi connectivity index (χ4v) is 4.07. The number of nitrogens with zero attached hydrogens (tertiary/aromatic N) is 3. The molecule has 0 aliphatic heterocycles. The van der Waals surface area contributed by atoms with Gasteiger partial charge in [0.25, 0.3) is 0 Å². The highest BCUT2D eigenvalue weighted by Gasteiger charge is 2.45. The molecule has 0 aromatic carbocycles. The van der Waals surface area contributed by atoms with E-state index < -0.39 is 42.9 Å². The number of furan rings is 1. The van der Waals surface area contributed by atoms with E-state index in [1.807, 2.05) is 0 Å². The summed E-state index contributed by atoms with van der Waals surface area (Å²) >= 11 is 6.31. The maximum absolute atomic E-state index is 12.4. The van der Waals surface area contributed by atoms with Gasteiger partial charge in [0.05, 0.1) is 37.6 Å². The van der Waals surface area contributed by atoms with Crippen molar-refractivity contribution in [2.75, 3.05) is 24.8 Å². The highest BCUT2D eigenvalue weighted by atomic mass is 35.5. The number of esters is 1. The molecule has 4 atom stereocenters. The second-order valence-electron chi connectivity index (χ2n) is 7.80. The van der Waals surface area contributed by atoms with Crippen molar-refractivity contribution in [1.82, 2.24) is 15.0 Å². The largest absolute Gasteiger partial charge is 0.490 e. The molecule has 1 fully saturated rings. The lowest BCUT2D eigenvalue weighted by Crippen LogP contribution is -2.36. The lowest BCUT2D eigenvalue weighted by Gasteiger charge is -2.20. The molecule has 188 valence electrons. The lowest BCUT2D eigenvalue weighted by atomic mass is 10.1. The van der Waals surface area contributed by atoms with Crippen molar-refractivity contribution in [2.24, 2.45) is 5.92 Å². The zero-order valence-corrected chi connectivity index (χ0v) is 18.7. The highest BCUT2D eigenvalue weighted by molar-refractivity contribution is 6.32. The van der Waals surface area contributed by atoms with E-state index >= 15 is 0 Å². The minimum Gasteiger partial charge on any atom is -0.481 e. The molecule has 3 aromatic heterocycles. The third-order valence-corrected chi connectivity index (χ3v) is 5.77. The summed E-state index contributed by atoms with van der Waals surface area (Å²) in [6.45, 7) is -0.743. The number of methoxy groups -OCH3 is 1. The summed E-state index contributed by atoms with van der Waals surface area (Å²) in [5.41, 5.74) is 6.31. The van der Waals surface area contributed by atoms with Crippen LogP contribution in [0.5, 0.6) is 5.88 Å². The maximum Gasteiger partial charge on any atom is 0.490 e. The molecule has 1 aliphatic carbocycles. The Labute approximate surface area is 200 Å². The molecular weight excluding hydrogens is 499 g/mol. The standard InChI is InChI=1S/C20H19ClF3N5O6/c1-33-12-4-7-3-10(35-11(7)5-26-12)13-16(21)28-19(25)29-17(13)27-9-2-8(14(30)15(9)31)6-34-18(32)20(22,23)24/h3-5,8-9,14-15,30-31H,2,6H2,1H3,(H3,25,27,28,29)/t8-,9+,14-,15+/m1/s1. The van der Waals surface area contributed by atoms with Crippen LogP contribution in [0.2, 0.25) is 5.15 Å². The van der Waals surface area contributed by atoms with Crippen molar-refractivity contribution in [3.8, 4) is 17.2 Å². The summed E-state index contributed by atoms with van der Waals surface area (Å²) in [5.74, 6) is -2.94. The molecule has 1 aliphatic rings. The number of ether oxygens (including phenoxy) is 2. The molecule has 1 saturated carbocycles. The number of aliphatic hydroxyl groups excluding tert-OH is 2. The summed E-state index contributed by atoms with van der Waals surface area (Å²) in [4.78, 5) is 23.1. The van der Waals surface area contributed by atoms with Gasteiger partial charge in [-0.25, -0.2) is 14.8 Å². The van der Waals surface area contributed by atoms with Gasteiger partial charge in [0.2, 0.25) is 11.8 Å². The van der Waals surface area contributed by atoms with Crippen LogP contribution in [0.1, 0.15) is 6.42 Å². The molecule has 3 heterocycles. The summed E-state index contributed by atoms with van der Waals surface area (Å²) in [6.07, 6.45) is -6.69. The quantitative estimate of drug-likeness (QED) is 0.279. The second kappa shape index (κ2) is 9.36. The van der Waals surface area contributed by atoms with Gasteiger partial charge in [-0.15, -0.1) is 0 Å². The van der Waals surface area contributed by atoms with Gasteiger partial charge in [0, 0.05) is 17.4 Å². The van der Waals surface area contributed by atoms with Crippen molar-refractivity contribution in [2.45, 2.75) is 30.8 Å². The first kappa shape index (κ1) is 24.8. The normalized spacial score (nSPS) is 22.4. The van der Waals surface area contributed by atoms with E-state index in [4.69, 9.17) is 26.5 Å². The van der Waals surface area contributed by atoms with Gasteiger partial charge in [-0.05, 0) is 12.5 Å². The number of carbonyl (C=O) groups excluding carboxylic acids is 1. The van der Waals surface area contributed by atoms with Gasteiger partial charge < -0.3 is 35.2 Å². The van der Waals surface area contributed by atoms with Crippen LogP contribution in [0.4, 0.5) is 24.9 Å². The Kier molecular flexibility index (Phi) is 6.62. The fraction of sp³-hybridized carbons (Fsp3) is 0.400. The summed E-state index contributed by atoms with van der Waals surface area (Å²) in [6, 6.07) is 2.35. The highest BCUT2D eigenvalue weighted by Crippen LogP contribution is 2.39. The number of halogens is 4. The summed E-state index contributed by atoms with van der Waals surface area (Å²) in [7, 11) is 1.46. The number of nitrogens with one attached hydrogen (secondary N) is 1. The number of nitrogen functional groups attached to an aromatic ring is 1. The van der Waals surface area contributed by atoms with Crippen molar-refractivity contribution in [3.05, 3.63) is 23.5 Å². The molecule has 15 heteroatoms. The number of pyridine rings is 1. The number of fused-ring (bicyclic) bond motifs is 1. The minimum absolute atomic E-state index is 0.0469. The molecule has 11 nitrogen and oxygen atoms in total. The molecule has 4 rings (SSSR count). The van der Waals surface area contributed by atoms with Crippen LogP contribution in [-0.2, 0) is 9.53 Å². The zero-order valence-electron chi connectivity index (χ0n) is 17.9. The Balaban J connectivity index is 1.60. The van der Waals surface area contributed by atoms with Gasteiger partial charge in [-0.3, -0.25) is 0 Å². The first-order valence-electron chi connectivity index (χ1n) is 10.1. The van der Waals surface area contributed by atoms with Crippen molar-refractivity contribution in [3.63, 3.8) is 0 Å². The van der Waals surface area contributed by atoms with Crippen molar-refractivity contribution >= 4 is 40.3 Å². The molecule has 3 aromatic rings. The molecule has 0 bridgehead atoms. The van der Waals surface area contributed by atoms with Gasteiger partial charge in [-0.1, -0.05) is 11.6 Å². The van der Waals surface area contributed by atoms with E-state index in [2.05, 4.69) is 25.0 Å². The van der Waals surface area contributed by atoms with E-state index in [0.29, 0.717) is 16.8 Å². The van der Waals surface area contributed by atoms with Crippen LogP contribution in [0.25, 0.3) is 22.3 Å². The van der Waals surface area contributed by atoms with Gasteiger partial charge in [0.15, 0.2) is 5.58 Å². The van der Waals surface area contributed by atoms with Crippen molar-refractivity contribution in [1.29, 1.82) is 0 Å². The molecule has 0 unspecified atom stereocenters. The van der Waals surface area contributed by atoms with E-state index in [9.17, 15) is 28.2 Å². The van der Waals surface area contributed by atoms with Gasteiger partial charge in [-0.2, -0.15) is 18.2 Å². The zero-order chi connectivity index (χ0) is 25.5. The Hall–Kier alpha value is -3.36. The Bertz CT molecular complexity index is 1260. The number of aromatic nitrogens is 3. The molecular formula is C20H19ClF3N5O6. The topological polar surface area (TPSA) is 166 Å². The first-order valence-corrected chi connectivity index (χ1v) is 10.5. The lowest BCUT2D eigenvalue weighted by molar-refractivity contribution is -0.201. The Morgan fingerprint density at radius 3 is 2.74 bits per heavy atom. The first-order chi connectivity index (χ1) is 16.5. The number of hydrogen-bond acceptors (Lipinski definition) is 11. The van der Waals surface area contributed by atoms with Crippen LogP contribution in [0, 0.1) is 5.92 Å². The van der Waals surface area contributed by atoms with E-state index in [-0.39, 0.29) is 34.7 Å². The molecule has 0 amide bonds. The SMILES string of the molecule is COc1cc2cc(-c3c(Cl)nc(N)nc3N[C@H]3C[C@H](COC(=O)C(F)(F)F)[C@@H](O)[C@H]3O)oc2cn1. The third-order valence-electron chi connectivity index (χ3n) is 5.50. The average molecular weight is 518 g/mol. The number of alkyl halides is 3. The van der Waals surface area contributed by atoms with Crippen LogP contribution >= 0.6 is 11.6 Å². The third kappa shape index (κ3) is 5.04. The Morgan fingerprint density at radius 2 is 2.06 bits per heavy atom. The summed E-state index contributed by atoms with van der Waals surface area (Å²) in [5, 5.41) is 24.2. The molecule has 35 heavy (non-hydrogen) atoms. The fourth-order valence-electron chi connectivity index (χ4n) is 3.81. The number of anilines is 2. The molecule has 5 N–H and O–H groups in total. The number of rotatable bonds is 6. The van der Waals surface area contributed by atoms with E-state index in [1.165, 1.54) is 13.3 Å². The number of aliphatic hydroxyl groups is 2. The van der Waals surface area contributed by atoms with Crippen LogP contribution in [-0.4, -0.2) is 69.3 Å². The number of nitrogens with two attached hydrogens (primary N) is 1. The van der Waals surface area contributed by atoms with Gasteiger partial charge in [0.1, 0.15) is 22.8 Å². The summed E-state index contributed by atoms with van der Waals surface area (Å²) < 4.78 is 52.3. The molecule has 0 radical (unpaired) electrons. The van der Waals surface area contributed by atoms with Crippen molar-refractivity contribution < 1.29 is 42.1 Å². The van der Waals surface area contributed by atoms with Crippen LogP contribution in [0.15, 0.2) is 22.7 Å². The average Bonchev–Trinajstić information content (AvgIpc) is 3.31. The van der Waals surface area contributed by atoms with Crippen LogP contribution in [0.3, 0.4) is 0 Å². The predicted octanol–water partition coefficient (Wildman–Crippen LogP) is 2.16. The molecule has 0 spiro atoms. The van der Waals surface area contributed by atoms with E-state index in [1.54, 1.807) is 12.1 Å². The Morgan fingerprint density at radius 1 is 1.31 bits per heavy atom. The smallest absolute Gasteiger partial charge is 0.481 e. The minimum atomic E-state index is -5.17.